The van der Waals surface area contributed by atoms with Crippen LogP contribution in [0.1, 0.15) is 25.3 Å². The fourth-order valence-corrected chi connectivity index (χ4v) is 2.81. The molecule has 0 bridgehead atoms. The summed E-state index contributed by atoms with van der Waals surface area (Å²) in [5, 5.41) is 12.3. The second-order valence-corrected chi connectivity index (χ2v) is 6.84. The van der Waals surface area contributed by atoms with Gasteiger partial charge in [0.2, 0.25) is 0 Å². The molecule has 0 unspecified atom stereocenters. The van der Waals surface area contributed by atoms with Gasteiger partial charge in [-0.2, -0.15) is 5.26 Å². The Kier molecular flexibility index (Phi) is 7.71. The number of hydrogen-bond acceptors (Lipinski definition) is 3. The predicted molar refractivity (Wildman–Crippen MR) is 108 cm³/mol. The molecular formula is C20H18BrClN2O2. The van der Waals surface area contributed by atoms with E-state index >= 15 is 0 Å². The average Bonchev–Trinajstić information content (AvgIpc) is 2.63. The molecule has 0 fully saturated rings. The van der Waals surface area contributed by atoms with Crippen LogP contribution in [0.15, 0.2) is 52.5 Å². The molecule has 2 aromatic carbocycles. The van der Waals surface area contributed by atoms with Crippen molar-refractivity contribution in [1.29, 1.82) is 5.26 Å². The Hall–Kier alpha value is -2.29. The summed E-state index contributed by atoms with van der Waals surface area (Å²) in [6, 6.07) is 14.3. The first-order valence-corrected chi connectivity index (χ1v) is 9.31. The van der Waals surface area contributed by atoms with Gasteiger partial charge in [-0.3, -0.25) is 4.79 Å². The van der Waals surface area contributed by atoms with E-state index in [-0.39, 0.29) is 5.57 Å². The van der Waals surface area contributed by atoms with Crippen molar-refractivity contribution in [1.82, 2.24) is 0 Å². The summed E-state index contributed by atoms with van der Waals surface area (Å²) < 4.78 is 6.40. The zero-order valence-electron chi connectivity index (χ0n) is 14.3. The third kappa shape index (κ3) is 5.91. The lowest BCUT2D eigenvalue weighted by Crippen LogP contribution is -2.13. The van der Waals surface area contributed by atoms with E-state index < -0.39 is 5.91 Å². The summed E-state index contributed by atoms with van der Waals surface area (Å²) >= 11 is 9.39. The lowest BCUT2D eigenvalue weighted by molar-refractivity contribution is -0.112. The second kappa shape index (κ2) is 10.0. The minimum Gasteiger partial charge on any atom is -0.494 e. The van der Waals surface area contributed by atoms with E-state index in [0.717, 1.165) is 28.6 Å². The van der Waals surface area contributed by atoms with E-state index in [4.69, 9.17) is 16.3 Å². The largest absolute Gasteiger partial charge is 0.494 e. The molecule has 6 heteroatoms. The van der Waals surface area contributed by atoms with Crippen molar-refractivity contribution < 1.29 is 9.53 Å². The quantitative estimate of drug-likeness (QED) is 0.339. The van der Waals surface area contributed by atoms with Crippen molar-refractivity contribution >= 4 is 45.2 Å². The summed E-state index contributed by atoms with van der Waals surface area (Å²) in [4.78, 5) is 12.3. The molecule has 0 radical (unpaired) electrons. The van der Waals surface area contributed by atoms with E-state index in [0.29, 0.717) is 17.3 Å². The number of nitrogens with one attached hydrogen (secondary N) is 1. The van der Waals surface area contributed by atoms with Crippen LogP contribution < -0.4 is 10.1 Å². The normalized spacial score (nSPS) is 10.9. The Morgan fingerprint density at radius 2 is 2.04 bits per heavy atom. The minimum atomic E-state index is -0.514. The summed E-state index contributed by atoms with van der Waals surface area (Å²) in [6.45, 7) is 2.78. The van der Waals surface area contributed by atoms with Crippen LogP contribution in [0.3, 0.4) is 0 Å². The highest BCUT2D eigenvalue weighted by atomic mass is 79.9. The smallest absolute Gasteiger partial charge is 0.266 e. The van der Waals surface area contributed by atoms with Gasteiger partial charge in [-0.25, -0.2) is 0 Å². The number of ether oxygens (including phenoxy) is 1. The fourth-order valence-electron chi connectivity index (χ4n) is 2.09. The van der Waals surface area contributed by atoms with Crippen molar-refractivity contribution in [2.24, 2.45) is 0 Å². The number of nitrogens with zero attached hydrogens (tertiary/aromatic N) is 1. The second-order valence-electron chi connectivity index (χ2n) is 5.52. The molecule has 0 saturated carbocycles. The molecule has 0 spiro atoms. The number of carbonyl (C=O) groups excluding carboxylic acids is 1. The van der Waals surface area contributed by atoms with Crippen LogP contribution in [0, 0.1) is 11.3 Å². The Bertz CT molecular complexity index is 842. The lowest BCUT2D eigenvalue weighted by Gasteiger charge is -2.07. The zero-order valence-corrected chi connectivity index (χ0v) is 16.6. The van der Waals surface area contributed by atoms with Gasteiger partial charge in [-0.05, 0) is 48.4 Å². The highest BCUT2D eigenvalue weighted by molar-refractivity contribution is 9.10. The van der Waals surface area contributed by atoms with E-state index in [1.807, 2.05) is 18.2 Å². The number of carbonyl (C=O) groups is 1. The maximum Gasteiger partial charge on any atom is 0.266 e. The summed E-state index contributed by atoms with van der Waals surface area (Å²) in [6.07, 6.45) is 3.60. The molecule has 2 rings (SSSR count). The molecule has 4 nitrogen and oxygen atoms in total. The van der Waals surface area contributed by atoms with E-state index in [9.17, 15) is 10.1 Å². The standard InChI is InChI=1S/C20H18BrClN2O2/c1-2-3-10-26-17-7-4-14(5-8-17)11-15(13-23)20(25)24-19-9-6-16(21)12-18(19)22/h4-9,11-12H,2-3,10H2,1H3,(H,24,25)/b15-11+. The van der Waals surface area contributed by atoms with Crippen LogP contribution in [0.5, 0.6) is 5.75 Å². The van der Waals surface area contributed by atoms with Crippen molar-refractivity contribution in [3.63, 3.8) is 0 Å². The van der Waals surface area contributed by atoms with Crippen LogP contribution in [-0.4, -0.2) is 12.5 Å². The van der Waals surface area contributed by atoms with Crippen LogP contribution in [0.2, 0.25) is 5.02 Å². The molecule has 0 aliphatic heterocycles. The SMILES string of the molecule is CCCCOc1ccc(/C=C(\C#N)C(=O)Nc2ccc(Br)cc2Cl)cc1. The molecule has 0 heterocycles. The van der Waals surface area contributed by atoms with Gasteiger partial charge in [0.25, 0.3) is 5.91 Å². The molecule has 0 saturated heterocycles. The monoisotopic (exact) mass is 432 g/mol. The van der Waals surface area contributed by atoms with Gasteiger partial charge in [-0.1, -0.05) is 53.0 Å². The van der Waals surface area contributed by atoms with Gasteiger partial charge < -0.3 is 10.1 Å². The van der Waals surface area contributed by atoms with Gasteiger partial charge in [0, 0.05) is 4.47 Å². The molecule has 1 amide bonds. The lowest BCUT2D eigenvalue weighted by atomic mass is 10.1. The number of amides is 1. The van der Waals surface area contributed by atoms with Crippen molar-refractivity contribution in [3.8, 4) is 11.8 Å². The van der Waals surface area contributed by atoms with Gasteiger partial charge in [0.1, 0.15) is 17.4 Å². The van der Waals surface area contributed by atoms with E-state index in [1.165, 1.54) is 6.08 Å². The minimum absolute atomic E-state index is 0.0105. The highest BCUT2D eigenvalue weighted by Gasteiger charge is 2.11. The highest BCUT2D eigenvalue weighted by Crippen LogP contribution is 2.26. The third-order valence-corrected chi connectivity index (χ3v) is 4.31. The first kappa shape index (κ1) is 20.0. The van der Waals surface area contributed by atoms with Crippen molar-refractivity contribution in [2.45, 2.75) is 19.8 Å². The number of anilines is 1. The summed E-state index contributed by atoms with van der Waals surface area (Å²) in [5.74, 6) is 0.250. The van der Waals surface area contributed by atoms with Gasteiger partial charge in [0.15, 0.2) is 0 Å². The molecule has 134 valence electrons. The van der Waals surface area contributed by atoms with Crippen molar-refractivity contribution in [3.05, 3.63) is 63.1 Å². The number of benzene rings is 2. The summed E-state index contributed by atoms with van der Waals surface area (Å²) in [7, 11) is 0. The summed E-state index contributed by atoms with van der Waals surface area (Å²) in [5.41, 5.74) is 1.17. The molecule has 0 atom stereocenters. The number of halogens is 2. The molecule has 0 aliphatic carbocycles. The Labute approximate surface area is 166 Å². The molecule has 26 heavy (non-hydrogen) atoms. The molecule has 0 aliphatic rings. The van der Waals surface area contributed by atoms with Gasteiger partial charge in [-0.15, -0.1) is 0 Å². The molecule has 0 aromatic heterocycles. The number of nitriles is 1. The van der Waals surface area contributed by atoms with Gasteiger partial charge in [0.05, 0.1) is 17.3 Å². The number of rotatable bonds is 7. The Morgan fingerprint density at radius 3 is 2.65 bits per heavy atom. The fraction of sp³-hybridized carbons (Fsp3) is 0.200. The maximum atomic E-state index is 12.3. The Morgan fingerprint density at radius 1 is 1.31 bits per heavy atom. The van der Waals surface area contributed by atoms with Crippen LogP contribution in [0.4, 0.5) is 5.69 Å². The first-order valence-electron chi connectivity index (χ1n) is 8.14. The first-order chi connectivity index (χ1) is 12.5. The zero-order chi connectivity index (χ0) is 18.9. The van der Waals surface area contributed by atoms with Crippen LogP contribution in [0.25, 0.3) is 6.08 Å². The molecular weight excluding hydrogens is 416 g/mol. The number of unbranched alkanes of at least 4 members (excludes halogenated alkanes) is 1. The van der Waals surface area contributed by atoms with Gasteiger partial charge >= 0.3 is 0 Å². The van der Waals surface area contributed by atoms with E-state index in [1.54, 1.807) is 30.3 Å². The maximum absolute atomic E-state index is 12.3. The molecule has 2 aromatic rings. The topological polar surface area (TPSA) is 62.1 Å². The number of hydrogen-bond donors (Lipinski definition) is 1. The average molecular weight is 434 g/mol. The third-order valence-electron chi connectivity index (χ3n) is 3.50. The van der Waals surface area contributed by atoms with Crippen molar-refractivity contribution in [2.75, 3.05) is 11.9 Å². The Balaban J connectivity index is 2.09. The predicted octanol–water partition coefficient (Wildman–Crippen LogP) is 5.83. The van der Waals surface area contributed by atoms with Crippen LogP contribution in [-0.2, 0) is 4.79 Å². The van der Waals surface area contributed by atoms with Crippen LogP contribution >= 0.6 is 27.5 Å². The molecule has 1 N–H and O–H groups in total. The van der Waals surface area contributed by atoms with E-state index in [2.05, 4.69) is 28.2 Å².